The van der Waals surface area contributed by atoms with Crippen molar-refractivity contribution in [3.05, 3.63) is 76.1 Å². The molecule has 8 atom stereocenters. The Morgan fingerprint density at radius 2 is 1.65 bits per heavy atom. The van der Waals surface area contributed by atoms with Gasteiger partial charge in [0.15, 0.2) is 5.78 Å². The van der Waals surface area contributed by atoms with E-state index in [-0.39, 0.29) is 58.8 Å². The van der Waals surface area contributed by atoms with Gasteiger partial charge in [-0.3, -0.25) is 14.4 Å². The Bertz CT molecular complexity index is 1300. The molecule has 6 heteroatoms. The van der Waals surface area contributed by atoms with Gasteiger partial charge in [-0.05, 0) is 90.8 Å². The molecule has 8 rings (SSSR count). The fourth-order valence-corrected chi connectivity index (χ4v) is 7.11. The van der Waals surface area contributed by atoms with Gasteiger partial charge in [0.25, 0.3) is 0 Å². The van der Waals surface area contributed by atoms with Gasteiger partial charge in [-0.2, -0.15) is 0 Å². The molecule has 5 aliphatic carbocycles. The summed E-state index contributed by atoms with van der Waals surface area (Å²) in [6.07, 6.45) is 5.97. The van der Waals surface area contributed by atoms with Gasteiger partial charge in [-0.1, -0.05) is 29.8 Å². The third-order valence-corrected chi connectivity index (χ3v) is 9.30. The molecular formula is C28H23ClFNO3. The molecule has 1 aliphatic heterocycles. The van der Waals surface area contributed by atoms with Crippen molar-refractivity contribution >= 4 is 34.9 Å². The first-order chi connectivity index (χ1) is 16.3. The molecule has 4 nitrogen and oxygen atoms in total. The van der Waals surface area contributed by atoms with Crippen molar-refractivity contribution in [2.75, 3.05) is 4.90 Å². The number of Topliss-reactive ketones (excluding diaryl/α,β-unsaturated/α-hetero) is 1. The number of benzene rings is 2. The van der Waals surface area contributed by atoms with Crippen LogP contribution in [0.25, 0.3) is 0 Å². The van der Waals surface area contributed by atoms with Gasteiger partial charge in [0, 0.05) is 16.5 Å². The number of ketones is 1. The summed E-state index contributed by atoms with van der Waals surface area (Å²) in [5.74, 6) is -0.789. The first-order valence-electron chi connectivity index (χ1n) is 12.0. The summed E-state index contributed by atoms with van der Waals surface area (Å²) in [6.45, 7) is 1.86. The fraction of sp³-hybridized carbons (Fsp3) is 0.393. The van der Waals surface area contributed by atoms with Crippen LogP contribution in [0.4, 0.5) is 10.1 Å². The van der Waals surface area contributed by atoms with E-state index in [0.29, 0.717) is 28.8 Å². The predicted molar refractivity (Wildman–Crippen MR) is 125 cm³/mol. The highest BCUT2D eigenvalue weighted by atomic mass is 35.5. The number of imide groups is 1. The second-order valence-corrected chi connectivity index (χ2v) is 11.1. The van der Waals surface area contributed by atoms with Crippen LogP contribution in [-0.4, -0.2) is 17.6 Å². The molecule has 2 amide bonds. The summed E-state index contributed by atoms with van der Waals surface area (Å²) in [5, 5.41) is 0.619. The summed E-state index contributed by atoms with van der Waals surface area (Å²) in [7, 11) is 0. The lowest BCUT2D eigenvalue weighted by atomic mass is 9.63. The average molecular weight is 476 g/mol. The van der Waals surface area contributed by atoms with Crippen LogP contribution >= 0.6 is 11.6 Å². The second kappa shape index (κ2) is 6.88. The van der Waals surface area contributed by atoms with Gasteiger partial charge in [0.2, 0.25) is 11.8 Å². The van der Waals surface area contributed by atoms with E-state index in [1.165, 1.54) is 6.07 Å². The number of carbonyl (C=O) groups excluding carboxylic acids is 3. The highest BCUT2D eigenvalue weighted by molar-refractivity contribution is 6.31. The molecule has 3 saturated carbocycles. The maximum absolute atomic E-state index is 15.3. The Balaban J connectivity index is 1.13. The normalized spacial score (nSPS) is 36.5. The van der Waals surface area contributed by atoms with Gasteiger partial charge < -0.3 is 0 Å². The van der Waals surface area contributed by atoms with Crippen LogP contribution < -0.4 is 4.90 Å². The van der Waals surface area contributed by atoms with E-state index < -0.39 is 5.82 Å². The number of allylic oxidation sites excluding steroid dienone is 2. The molecule has 6 aliphatic rings. The van der Waals surface area contributed by atoms with E-state index in [1.807, 2.05) is 6.92 Å². The molecule has 4 fully saturated rings. The lowest BCUT2D eigenvalue weighted by molar-refractivity contribution is -0.124. The number of hydrogen-bond donors (Lipinski definition) is 0. The number of hydrogen-bond acceptors (Lipinski definition) is 3. The van der Waals surface area contributed by atoms with Crippen molar-refractivity contribution in [1.82, 2.24) is 0 Å². The number of rotatable bonds is 4. The molecule has 0 spiro atoms. The first kappa shape index (κ1) is 20.6. The highest BCUT2D eigenvalue weighted by Crippen LogP contribution is 2.65. The number of nitrogens with zero attached hydrogens (tertiary/aromatic N) is 1. The zero-order valence-electron chi connectivity index (χ0n) is 18.6. The van der Waals surface area contributed by atoms with Crippen molar-refractivity contribution < 1.29 is 18.8 Å². The van der Waals surface area contributed by atoms with Crippen molar-refractivity contribution in [3.8, 4) is 0 Å². The molecular weight excluding hydrogens is 453 g/mol. The number of amides is 2. The van der Waals surface area contributed by atoms with E-state index in [2.05, 4.69) is 12.2 Å². The topological polar surface area (TPSA) is 54.5 Å². The number of halogens is 2. The monoisotopic (exact) mass is 475 g/mol. The van der Waals surface area contributed by atoms with Crippen LogP contribution in [0.5, 0.6) is 0 Å². The zero-order valence-corrected chi connectivity index (χ0v) is 19.3. The summed E-state index contributed by atoms with van der Waals surface area (Å²) in [4.78, 5) is 40.6. The standard InChI is InChI=1S/C28H23ClFNO3/c1-12-8-14(2-6-21(12)29)26(32)20-10-17(20)13-3-7-23(22(30)9-13)31-27(33)24-15-4-5-16(19-11-18(15)19)25(24)28(31)34/h2-9,15-20,24-25H,10-11H2,1H3/t15-,16+,17?,18+,19-,20?,24-,25+. The lowest BCUT2D eigenvalue weighted by Gasteiger charge is -2.37. The van der Waals surface area contributed by atoms with E-state index in [9.17, 15) is 14.4 Å². The van der Waals surface area contributed by atoms with Crippen LogP contribution in [0.15, 0.2) is 48.6 Å². The van der Waals surface area contributed by atoms with Crippen LogP contribution in [0.1, 0.15) is 40.2 Å². The van der Waals surface area contributed by atoms with Crippen LogP contribution in [0, 0.1) is 54.2 Å². The number of anilines is 1. The smallest absolute Gasteiger partial charge is 0.238 e. The SMILES string of the molecule is Cc1cc(C(=O)C2CC2c2ccc(N3C(=O)[C@@H]4[C@@H]5C=C[C@@H]([C@H]6C[C@@H]56)[C@@H]4C3=O)c(F)c2)ccc1Cl. The van der Waals surface area contributed by atoms with Gasteiger partial charge in [-0.25, -0.2) is 9.29 Å². The summed E-state index contributed by atoms with van der Waals surface area (Å²) in [5.41, 5.74) is 2.23. The van der Waals surface area contributed by atoms with Crippen molar-refractivity contribution in [2.45, 2.75) is 25.7 Å². The van der Waals surface area contributed by atoms with E-state index in [1.54, 1.807) is 30.3 Å². The third-order valence-electron chi connectivity index (χ3n) is 8.87. The molecule has 2 unspecified atom stereocenters. The van der Waals surface area contributed by atoms with Gasteiger partial charge in [-0.15, -0.1) is 0 Å². The van der Waals surface area contributed by atoms with E-state index in [0.717, 1.165) is 22.4 Å². The maximum atomic E-state index is 15.3. The van der Waals surface area contributed by atoms with Crippen molar-refractivity contribution in [3.63, 3.8) is 0 Å². The summed E-state index contributed by atoms with van der Waals surface area (Å²) < 4.78 is 15.3. The molecule has 1 heterocycles. The quantitative estimate of drug-likeness (QED) is 0.341. The second-order valence-electron chi connectivity index (χ2n) is 10.7. The number of aryl methyl sites for hydroxylation is 1. The number of carbonyl (C=O) groups is 3. The largest absolute Gasteiger partial charge is 0.294 e. The van der Waals surface area contributed by atoms with Gasteiger partial charge in [0.1, 0.15) is 5.82 Å². The molecule has 2 aromatic rings. The minimum absolute atomic E-state index is 0.0322. The Labute approximate surface area is 201 Å². The molecule has 0 aromatic heterocycles. The Hall–Kier alpha value is -2.79. The summed E-state index contributed by atoms with van der Waals surface area (Å²) >= 11 is 6.07. The molecule has 0 N–H and O–H groups in total. The van der Waals surface area contributed by atoms with Crippen molar-refractivity contribution in [2.24, 2.45) is 41.4 Å². The maximum Gasteiger partial charge on any atom is 0.238 e. The van der Waals surface area contributed by atoms with Gasteiger partial charge in [0.05, 0.1) is 17.5 Å². The predicted octanol–water partition coefficient (Wildman–Crippen LogP) is 5.33. The molecule has 34 heavy (non-hydrogen) atoms. The van der Waals surface area contributed by atoms with Crippen LogP contribution in [0.2, 0.25) is 5.02 Å². The Morgan fingerprint density at radius 1 is 0.971 bits per heavy atom. The minimum atomic E-state index is -0.580. The third kappa shape index (κ3) is 2.73. The van der Waals surface area contributed by atoms with Crippen molar-refractivity contribution in [1.29, 1.82) is 0 Å². The lowest BCUT2D eigenvalue weighted by Crippen LogP contribution is -2.40. The highest BCUT2D eigenvalue weighted by Gasteiger charge is 2.67. The fourth-order valence-electron chi connectivity index (χ4n) is 6.99. The summed E-state index contributed by atoms with van der Waals surface area (Å²) in [6, 6.07) is 9.94. The zero-order chi connectivity index (χ0) is 23.5. The average Bonchev–Trinajstić information content (AvgIpc) is 3.74. The minimum Gasteiger partial charge on any atom is -0.294 e. The van der Waals surface area contributed by atoms with E-state index >= 15 is 4.39 Å². The van der Waals surface area contributed by atoms with Crippen LogP contribution in [-0.2, 0) is 9.59 Å². The molecule has 172 valence electrons. The Kier molecular flexibility index (Phi) is 4.16. The van der Waals surface area contributed by atoms with Crippen LogP contribution in [0.3, 0.4) is 0 Å². The molecule has 2 bridgehead atoms. The molecule has 0 radical (unpaired) electrons. The molecule has 2 aromatic carbocycles. The first-order valence-corrected chi connectivity index (χ1v) is 12.4. The van der Waals surface area contributed by atoms with Gasteiger partial charge >= 0.3 is 0 Å². The van der Waals surface area contributed by atoms with E-state index in [4.69, 9.17) is 11.6 Å². The molecule has 1 saturated heterocycles. The Morgan fingerprint density at radius 3 is 2.26 bits per heavy atom.